The van der Waals surface area contributed by atoms with Crippen LogP contribution in [0.25, 0.3) is 11.1 Å². The Morgan fingerprint density at radius 1 is 1.53 bits per heavy atom. The Kier molecular flexibility index (Phi) is 3.68. The number of benzene rings is 1. The lowest BCUT2D eigenvalue weighted by Gasteiger charge is -2.11. The maximum absolute atomic E-state index is 11.4. The minimum Gasteiger partial charge on any atom is -0.408 e. The van der Waals surface area contributed by atoms with Crippen molar-refractivity contribution < 1.29 is 9.21 Å². The number of rotatable bonds is 4. The number of amides is 1. The van der Waals surface area contributed by atoms with E-state index in [1.165, 1.54) is 4.57 Å². The number of hydrogen-bond acceptors (Lipinski definition) is 5. The lowest BCUT2D eigenvalue weighted by atomic mass is 10.0. The predicted molar refractivity (Wildman–Crippen MR) is 70.2 cm³/mol. The summed E-state index contributed by atoms with van der Waals surface area (Å²) in [5.41, 5.74) is 12.9. The highest BCUT2D eigenvalue weighted by atomic mass is 16.4. The first-order chi connectivity index (χ1) is 9.02. The molecule has 0 aliphatic carbocycles. The summed E-state index contributed by atoms with van der Waals surface area (Å²) in [6.07, 6.45) is 0.151. The van der Waals surface area contributed by atoms with E-state index in [-0.39, 0.29) is 12.3 Å². The van der Waals surface area contributed by atoms with Crippen molar-refractivity contribution in [2.24, 2.45) is 12.8 Å². The van der Waals surface area contributed by atoms with Gasteiger partial charge in [-0.2, -0.15) is 0 Å². The molecule has 1 atom stereocenters. The number of carbonyl (C=O) groups is 1. The third kappa shape index (κ3) is 2.67. The summed E-state index contributed by atoms with van der Waals surface area (Å²) < 4.78 is 6.43. The van der Waals surface area contributed by atoms with Crippen molar-refractivity contribution in [1.29, 1.82) is 0 Å². The highest BCUT2D eigenvalue weighted by molar-refractivity contribution is 5.77. The van der Waals surface area contributed by atoms with Gasteiger partial charge in [-0.25, -0.2) is 10.2 Å². The molecule has 1 amide bonds. The van der Waals surface area contributed by atoms with Crippen LogP contribution in [0.5, 0.6) is 0 Å². The second kappa shape index (κ2) is 5.25. The molecule has 1 unspecified atom stereocenters. The van der Waals surface area contributed by atoms with E-state index in [9.17, 15) is 9.59 Å². The third-order valence-electron chi connectivity index (χ3n) is 2.91. The Bertz CT molecular complexity index is 659. The molecule has 19 heavy (non-hydrogen) atoms. The van der Waals surface area contributed by atoms with Crippen LogP contribution in [0.1, 0.15) is 18.0 Å². The molecule has 7 nitrogen and oxygen atoms in total. The summed E-state index contributed by atoms with van der Waals surface area (Å²) in [5.74, 6) is -0.621. The van der Waals surface area contributed by atoms with E-state index < -0.39 is 11.8 Å². The van der Waals surface area contributed by atoms with E-state index in [1.54, 1.807) is 32.3 Å². The number of fused-ring (bicyclic) bond motifs is 1. The first kappa shape index (κ1) is 13.3. The Hall–Kier alpha value is -2.12. The molecule has 0 spiro atoms. The van der Waals surface area contributed by atoms with Crippen molar-refractivity contribution >= 4 is 17.0 Å². The number of carbonyl (C=O) groups excluding carboxylic acids is 1. The number of nitrogens with one attached hydrogen (secondary N) is 2. The van der Waals surface area contributed by atoms with E-state index >= 15 is 0 Å². The van der Waals surface area contributed by atoms with E-state index in [0.29, 0.717) is 11.1 Å². The number of hydrazine groups is 1. The second-order valence-electron chi connectivity index (χ2n) is 4.26. The van der Waals surface area contributed by atoms with E-state index in [0.717, 1.165) is 5.56 Å². The molecule has 2 aromatic rings. The molecule has 1 aromatic heterocycles. The smallest absolute Gasteiger partial charge is 0.408 e. The van der Waals surface area contributed by atoms with Crippen LogP contribution in [0, 0.1) is 0 Å². The highest BCUT2D eigenvalue weighted by Crippen LogP contribution is 2.20. The number of nitrogens with zero attached hydrogens (tertiary/aromatic N) is 1. The van der Waals surface area contributed by atoms with Crippen LogP contribution in [0.15, 0.2) is 27.4 Å². The van der Waals surface area contributed by atoms with Crippen LogP contribution in [-0.4, -0.2) is 17.5 Å². The van der Waals surface area contributed by atoms with Gasteiger partial charge in [0.1, 0.15) is 0 Å². The van der Waals surface area contributed by atoms with Crippen molar-refractivity contribution in [2.75, 3.05) is 7.05 Å². The third-order valence-corrected chi connectivity index (χ3v) is 2.91. The maximum Gasteiger partial charge on any atom is 0.419 e. The molecule has 0 aliphatic heterocycles. The topological polar surface area (TPSA) is 102 Å². The molecule has 1 heterocycles. The standard InChI is InChI=1S/C12H16N4O3/c1-14-15-11(17)6-8(13)7-3-4-10-9(5-7)16(2)12(18)19-10/h3-5,8,14H,6,13H2,1-2H3,(H,15,17). The molecule has 0 radical (unpaired) electrons. The Morgan fingerprint density at radius 3 is 2.95 bits per heavy atom. The zero-order chi connectivity index (χ0) is 14.0. The molecule has 7 heteroatoms. The first-order valence-corrected chi connectivity index (χ1v) is 5.83. The van der Waals surface area contributed by atoms with Gasteiger partial charge in [0, 0.05) is 26.6 Å². The fraction of sp³-hybridized carbons (Fsp3) is 0.333. The summed E-state index contributed by atoms with van der Waals surface area (Å²) in [4.78, 5) is 22.8. The summed E-state index contributed by atoms with van der Waals surface area (Å²) in [7, 11) is 3.23. The fourth-order valence-corrected chi connectivity index (χ4v) is 1.88. The molecule has 0 saturated carbocycles. The first-order valence-electron chi connectivity index (χ1n) is 5.83. The second-order valence-corrected chi connectivity index (χ2v) is 4.26. The maximum atomic E-state index is 11.4. The highest BCUT2D eigenvalue weighted by Gasteiger charge is 2.14. The summed E-state index contributed by atoms with van der Waals surface area (Å²) in [6, 6.07) is 4.75. The molecule has 2 rings (SSSR count). The quantitative estimate of drug-likeness (QED) is 0.662. The summed E-state index contributed by atoms with van der Waals surface area (Å²) in [6.45, 7) is 0. The van der Waals surface area contributed by atoms with Crippen LogP contribution in [0.4, 0.5) is 0 Å². The van der Waals surface area contributed by atoms with E-state index in [1.807, 2.05) is 0 Å². The zero-order valence-corrected chi connectivity index (χ0v) is 10.8. The lowest BCUT2D eigenvalue weighted by molar-refractivity contribution is -0.122. The molecule has 4 N–H and O–H groups in total. The average molecular weight is 264 g/mol. The zero-order valence-electron chi connectivity index (χ0n) is 10.8. The molecule has 0 aliphatic rings. The van der Waals surface area contributed by atoms with Crippen molar-refractivity contribution in [3.63, 3.8) is 0 Å². The van der Waals surface area contributed by atoms with Crippen LogP contribution >= 0.6 is 0 Å². The largest absolute Gasteiger partial charge is 0.419 e. The predicted octanol–water partition coefficient (Wildman–Crippen LogP) is -0.228. The molecule has 102 valence electrons. The van der Waals surface area contributed by atoms with Crippen LogP contribution in [-0.2, 0) is 11.8 Å². The Morgan fingerprint density at radius 2 is 2.26 bits per heavy atom. The Labute approximate surface area is 109 Å². The summed E-state index contributed by atoms with van der Waals surface area (Å²) >= 11 is 0. The number of oxazole rings is 1. The monoisotopic (exact) mass is 264 g/mol. The van der Waals surface area contributed by atoms with Crippen LogP contribution in [0.3, 0.4) is 0 Å². The van der Waals surface area contributed by atoms with Gasteiger partial charge in [0.25, 0.3) is 0 Å². The molecule has 0 fully saturated rings. The molecular formula is C12H16N4O3. The lowest BCUT2D eigenvalue weighted by Crippen LogP contribution is -2.36. The van der Waals surface area contributed by atoms with E-state index in [2.05, 4.69) is 10.9 Å². The van der Waals surface area contributed by atoms with Gasteiger partial charge >= 0.3 is 5.76 Å². The summed E-state index contributed by atoms with van der Waals surface area (Å²) in [5, 5.41) is 0. The molecular weight excluding hydrogens is 248 g/mol. The molecule has 0 saturated heterocycles. The number of nitrogens with two attached hydrogens (primary N) is 1. The van der Waals surface area contributed by atoms with Crippen molar-refractivity contribution in [3.05, 3.63) is 34.3 Å². The minimum atomic E-state index is -0.442. The molecule has 1 aromatic carbocycles. The van der Waals surface area contributed by atoms with Gasteiger partial charge in [-0.1, -0.05) is 6.07 Å². The van der Waals surface area contributed by atoms with Crippen molar-refractivity contribution in [2.45, 2.75) is 12.5 Å². The van der Waals surface area contributed by atoms with Gasteiger partial charge < -0.3 is 10.2 Å². The van der Waals surface area contributed by atoms with Gasteiger partial charge in [-0.3, -0.25) is 14.8 Å². The van der Waals surface area contributed by atoms with Crippen molar-refractivity contribution in [1.82, 2.24) is 15.4 Å². The van der Waals surface area contributed by atoms with Gasteiger partial charge in [0.2, 0.25) is 5.91 Å². The van der Waals surface area contributed by atoms with Gasteiger partial charge in [-0.05, 0) is 17.7 Å². The molecule has 0 bridgehead atoms. The fourth-order valence-electron chi connectivity index (χ4n) is 1.88. The van der Waals surface area contributed by atoms with Gasteiger partial charge in [0.15, 0.2) is 5.58 Å². The average Bonchev–Trinajstić information content (AvgIpc) is 2.65. The van der Waals surface area contributed by atoms with Gasteiger partial charge in [0.05, 0.1) is 5.52 Å². The van der Waals surface area contributed by atoms with Crippen LogP contribution < -0.4 is 22.3 Å². The number of hydrogen-bond donors (Lipinski definition) is 3. The normalized spacial score (nSPS) is 12.6. The van der Waals surface area contributed by atoms with Gasteiger partial charge in [-0.15, -0.1) is 0 Å². The minimum absolute atomic E-state index is 0.151. The number of aromatic nitrogens is 1. The Balaban J connectivity index is 2.27. The van der Waals surface area contributed by atoms with Crippen molar-refractivity contribution in [3.8, 4) is 0 Å². The van der Waals surface area contributed by atoms with E-state index in [4.69, 9.17) is 10.2 Å². The SMILES string of the molecule is CNNC(=O)CC(N)c1ccc2oc(=O)n(C)c2c1. The number of aryl methyl sites for hydroxylation is 1. The van der Waals surface area contributed by atoms with Crippen LogP contribution in [0.2, 0.25) is 0 Å².